The normalized spacial score (nSPS) is 20.8. The van der Waals surface area contributed by atoms with Crippen LogP contribution in [0, 0.1) is 5.92 Å². The summed E-state index contributed by atoms with van der Waals surface area (Å²) in [6.07, 6.45) is 2.11. The lowest BCUT2D eigenvalue weighted by atomic mass is 10.1. The van der Waals surface area contributed by atoms with E-state index in [1.165, 1.54) is 17.7 Å². The Labute approximate surface area is 124 Å². The highest BCUT2D eigenvalue weighted by Gasteiger charge is 2.22. The number of rotatable bonds is 5. The topological polar surface area (TPSA) is 35.5 Å². The molecule has 0 amide bonds. The third-order valence-electron chi connectivity index (χ3n) is 4.07. The average molecular weight is 327 g/mol. The molecule has 106 valence electrons. The quantitative estimate of drug-likeness (QED) is 0.873. The van der Waals surface area contributed by atoms with Crippen LogP contribution in [-0.4, -0.2) is 31.9 Å². The van der Waals surface area contributed by atoms with Gasteiger partial charge in [0.25, 0.3) is 0 Å². The van der Waals surface area contributed by atoms with Crippen LogP contribution >= 0.6 is 15.9 Å². The van der Waals surface area contributed by atoms with Gasteiger partial charge >= 0.3 is 0 Å². The Kier molecular flexibility index (Phi) is 5.25. The molecular weight excluding hydrogens is 304 g/mol. The number of benzene rings is 1. The Morgan fingerprint density at radius 3 is 2.95 bits per heavy atom. The SMILES string of the molecule is CNC(C)c1ccc(N2CCC(CCO)C2)cc1Br. The van der Waals surface area contributed by atoms with Crippen molar-refractivity contribution < 1.29 is 5.11 Å². The second-order valence-electron chi connectivity index (χ2n) is 5.33. The number of aliphatic hydroxyl groups is 1. The van der Waals surface area contributed by atoms with Crippen LogP contribution in [0.15, 0.2) is 22.7 Å². The molecule has 1 aliphatic rings. The minimum atomic E-state index is 0.306. The Morgan fingerprint density at radius 2 is 2.32 bits per heavy atom. The summed E-state index contributed by atoms with van der Waals surface area (Å²) in [5.74, 6) is 0.639. The molecule has 0 aromatic heterocycles. The van der Waals surface area contributed by atoms with Gasteiger partial charge in [-0.1, -0.05) is 22.0 Å². The standard InChI is InChI=1S/C15H23BrN2O/c1-11(17-2)14-4-3-13(9-15(14)16)18-7-5-12(10-18)6-8-19/h3-4,9,11-12,17,19H,5-8,10H2,1-2H3. The third kappa shape index (κ3) is 3.50. The first kappa shape index (κ1) is 14.8. The van der Waals surface area contributed by atoms with E-state index in [4.69, 9.17) is 5.11 Å². The molecule has 1 aromatic carbocycles. The molecule has 1 aliphatic heterocycles. The fourth-order valence-electron chi connectivity index (χ4n) is 2.70. The Balaban J connectivity index is 2.08. The number of nitrogens with one attached hydrogen (secondary N) is 1. The summed E-state index contributed by atoms with van der Waals surface area (Å²) in [6, 6.07) is 6.96. The molecule has 0 saturated carbocycles. The van der Waals surface area contributed by atoms with E-state index in [1.54, 1.807) is 0 Å². The number of nitrogens with zero attached hydrogens (tertiary/aromatic N) is 1. The van der Waals surface area contributed by atoms with E-state index in [0.29, 0.717) is 18.6 Å². The van der Waals surface area contributed by atoms with Gasteiger partial charge in [0, 0.05) is 35.9 Å². The highest BCUT2D eigenvalue weighted by molar-refractivity contribution is 9.10. The van der Waals surface area contributed by atoms with Crippen LogP contribution in [-0.2, 0) is 0 Å². The van der Waals surface area contributed by atoms with Crippen molar-refractivity contribution in [2.75, 3.05) is 31.6 Å². The molecule has 0 aliphatic carbocycles. The zero-order chi connectivity index (χ0) is 13.8. The van der Waals surface area contributed by atoms with Crippen LogP contribution in [0.25, 0.3) is 0 Å². The van der Waals surface area contributed by atoms with Gasteiger partial charge in [0.1, 0.15) is 0 Å². The molecule has 0 radical (unpaired) electrons. The van der Waals surface area contributed by atoms with Crippen LogP contribution in [0.5, 0.6) is 0 Å². The number of halogens is 1. The molecule has 1 heterocycles. The highest BCUT2D eigenvalue weighted by Crippen LogP contribution is 2.31. The molecule has 2 unspecified atom stereocenters. The number of hydrogen-bond donors (Lipinski definition) is 2. The maximum atomic E-state index is 9.02. The minimum Gasteiger partial charge on any atom is -0.396 e. The molecule has 2 rings (SSSR count). The first-order chi connectivity index (χ1) is 9.15. The summed E-state index contributed by atoms with van der Waals surface area (Å²) in [5.41, 5.74) is 2.57. The third-order valence-corrected chi connectivity index (χ3v) is 4.76. The van der Waals surface area contributed by atoms with Gasteiger partial charge in [-0.25, -0.2) is 0 Å². The van der Waals surface area contributed by atoms with E-state index in [9.17, 15) is 0 Å². The van der Waals surface area contributed by atoms with Crippen molar-refractivity contribution in [3.63, 3.8) is 0 Å². The Morgan fingerprint density at radius 1 is 1.53 bits per heavy atom. The fraction of sp³-hybridized carbons (Fsp3) is 0.600. The highest BCUT2D eigenvalue weighted by atomic mass is 79.9. The summed E-state index contributed by atoms with van der Waals surface area (Å²) >= 11 is 3.67. The van der Waals surface area contributed by atoms with Crippen LogP contribution in [0.2, 0.25) is 0 Å². The summed E-state index contributed by atoms with van der Waals surface area (Å²) in [7, 11) is 1.98. The number of aliphatic hydroxyl groups excluding tert-OH is 1. The maximum Gasteiger partial charge on any atom is 0.0434 e. The molecule has 2 atom stereocenters. The smallest absolute Gasteiger partial charge is 0.0434 e. The summed E-state index contributed by atoms with van der Waals surface area (Å²) in [4.78, 5) is 2.42. The van der Waals surface area contributed by atoms with Crippen molar-refractivity contribution in [2.24, 2.45) is 5.92 Å². The van der Waals surface area contributed by atoms with Crippen molar-refractivity contribution >= 4 is 21.6 Å². The van der Waals surface area contributed by atoms with Gasteiger partial charge in [0.15, 0.2) is 0 Å². The van der Waals surface area contributed by atoms with Gasteiger partial charge < -0.3 is 15.3 Å². The fourth-order valence-corrected chi connectivity index (χ4v) is 3.41. The summed E-state index contributed by atoms with van der Waals surface area (Å²) < 4.78 is 1.16. The predicted molar refractivity (Wildman–Crippen MR) is 83.6 cm³/mol. The molecule has 3 nitrogen and oxygen atoms in total. The van der Waals surface area contributed by atoms with Gasteiger partial charge in [-0.15, -0.1) is 0 Å². The van der Waals surface area contributed by atoms with Crippen LogP contribution in [0.1, 0.15) is 31.4 Å². The first-order valence-electron chi connectivity index (χ1n) is 6.98. The van der Waals surface area contributed by atoms with E-state index in [1.807, 2.05) is 7.05 Å². The number of anilines is 1. The largest absolute Gasteiger partial charge is 0.396 e. The molecule has 19 heavy (non-hydrogen) atoms. The molecule has 1 saturated heterocycles. The van der Waals surface area contributed by atoms with Gasteiger partial charge in [0.2, 0.25) is 0 Å². The molecule has 4 heteroatoms. The molecule has 0 bridgehead atoms. The molecular formula is C15H23BrN2O. The Bertz CT molecular complexity index is 425. The van der Waals surface area contributed by atoms with E-state index in [2.05, 4.69) is 51.3 Å². The van der Waals surface area contributed by atoms with E-state index in [0.717, 1.165) is 24.0 Å². The zero-order valence-corrected chi connectivity index (χ0v) is 13.3. The first-order valence-corrected chi connectivity index (χ1v) is 7.77. The van der Waals surface area contributed by atoms with Gasteiger partial charge in [-0.05, 0) is 50.4 Å². The minimum absolute atomic E-state index is 0.306. The molecule has 0 spiro atoms. The van der Waals surface area contributed by atoms with Crippen molar-refractivity contribution in [1.29, 1.82) is 0 Å². The lowest BCUT2D eigenvalue weighted by molar-refractivity contribution is 0.263. The second kappa shape index (κ2) is 6.73. The van der Waals surface area contributed by atoms with E-state index < -0.39 is 0 Å². The molecule has 1 fully saturated rings. The maximum absolute atomic E-state index is 9.02. The van der Waals surface area contributed by atoms with Gasteiger partial charge in [0.05, 0.1) is 0 Å². The van der Waals surface area contributed by atoms with Crippen molar-refractivity contribution in [1.82, 2.24) is 5.32 Å². The second-order valence-corrected chi connectivity index (χ2v) is 6.18. The lowest BCUT2D eigenvalue weighted by Gasteiger charge is -2.21. The van der Waals surface area contributed by atoms with Gasteiger partial charge in [-0.3, -0.25) is 0 Å². The van der Waals surface area contributed by atoms with E-state index >= 15 is 0 Å². The Hall–Kier alpha value is -0.580. The van der Waals surface area contributed by atoms with Crippen LogP contribution in [0.4, 0.5) is 5.69 Å². The average Bonchev–Trinajstić information content (AvgIpc) is 2.87. The number of hydrogen-bond acceptors (Lipinski definition) is 3. The monoisotopic (exact) mass is 326 g/mol. The molecule has 2 N–H and O–H groups in total. The summed E-state index contributed by atoms with van der Waals surface area (Å²) in [5, 5.41) is 12.3. The van der Waals surface area contributed by atoms with Crippen molar-refractivity contribution in [2.45, 2.75) is 25.8 Å². The lowest BCUT2D eigenvalue weighted by Crippen LogP contribution is -2.20. The van der Waals surface area contributed by atoms with Crippen molar-refractivity contribution in [3.05, 3.63) is 28.2 Å². The molecule has 1 aromatic rings. The predicted octanol–water partition coefficient (Wildman–Crippen LogP) is 2.94. The zero-order valence-electron chi connectivity index (χ0n) is 11.7. The van der Waals surface area contributed by atoms with Crippen LogP contribution < -0.4 is 10.2 Å². The van der Waals surface area contributed by atoms with Crippen LogP contribution in [0.3, 0.4) is 0 Å². The van der Waals surface area contributed by atoms with Crippen molar-refractivity contribution in [3.8, 4) is 0 Å². The van der Waals surface area contributed by atoms with Gasteiger partial charge in [-0.2, -0.15) is 0 Å². The summed E-state index contributed by atoms with van der Waals surface area (Å²) in [6.45, 7) is 4.62. The van der Waals surface area contributed by atoms with E-state index in [-0.39, 0.29) is 0 Å².